The molecule has 3 rings (SSSR count). The molecule has 0 heterocycles. The van der Waals surface area contributed by atoms with Gasteiger partial charge in [0.25, 0.3) is 0 Å². The van der Waals surface area contributed by atoms with Gasteiger partial charge in [0.1, 0.15) is 5.75 Å². The molecule has 1 aliphatic carbocycles. The van der Waals surface area contributed by atoms with Crippen LogP contribution in [0.3, 0.4) is 0 Å². The van der Waals surface area contributed by atoms with Crippen LogP contribution in [0.15, 0.2) is 54.7 Å². The van der Waals surface area contributed by atoms with E-state index < -0.39 is 0 Å². The van der Waals surface area contributed by atoms with Gasteiger partial charge in [0.05, 0.1) is 0 Å². The summed E-state index contributed by atoms with van der Waals surface area (Å²) in [5.41, 5.74) is 12.1. The zero-order valence-electron chi connectivity index (χ0n) is 15.5. The van der Waals surface area contributed by atoms with Crippen molar-refractivity contribution in [2.45, 2.75) is 19.3 Å². The molecule has 1 unspecified atom stereocenters. The number of phenolic OH excluding ortho intramolecular Hbond substituents is 1. The number of phenols is 1. The zero-order valence-corrected chi connectivity index (χ0v) is 15.5. The molecule has 26 heavy (non-hydrogen) atoms. The lowest BCUT2D eigenvalue weighted by Gasteiger charge is -2.25. The number of anilines is 1. The van der Waals surface area contributed by atoms with Crippen molar-refractivity contribution < 1.29 is 5.11 Å². The SMILES string of the molecule is C=C(N)C1Cc2cccc(CCN(CCNC)c3cccc(O)c3)c2C1. The Labute approximate surface area is 156 Å². The number of rotatable bonds is 8. The van der Waals surface area contributed by atoms with Crippen molar-refractivity contribution in [2.75, 3.05) is 31.6 Å². The van der Waals surface area contributed by atoms with Crippen LogP contribution in [0.4, 0.5) is 5.69 Å². The largest absolute Gasteiger partial charge is 0.508 e. The Morgan fingerprint density at radius 2 is 2.04 bits per heavy atom. The molecule has 1 atom stereocenters. The molecule has 2 aromatic carbocycles. The topological polar surface area (TPSA) is 61.5 Å². The van der Waals surface area contributed by atoms with E-state index in [0.29, 0.717) is 11.7 Å². The van der Waals surface area contributed by atoms with Crippen molar-refractivity contribution in [3.63, 3.8) is 0 Å². The number of nitrogens with zero attached hydrogens (tertiary/aromatic N) is 1. The van der Waals surface area contributed by atoms with Crippen molar-refractivity contribution in [3.8, 4) is 5.75 Å². The fourth-order valence-corrected chi connectivity index (χ4v) is 3.78. The Hall–Kier alpha value is -2.46. The summed E-state index contributed by atoms with van der Waals surface area (Å²) in [5, 5.41) is 13.0. The highest BCUT2D eigenvalue weighted by Crippen LogP contribution is 2.32. The van der Waals surface area contributed by atoms with E-state index in [1.54, 1.807) is 6.07 Å². The summed E-state index contributed by atoms with van der Waals surface area (Å²) in [6, 6.07) is 14.1. The van der Waals surface area contributed by atoms with E-state index in [1.165, 1.54) is 16.7 Å². The smallest absolute Gasteiger partial charge is 0.117 e. The average molecular weight is 351 g/mol. The predicted molar refractivity (Wildman–Crippen MR) is 109 cm³/mol. The number of allylic oxidation sites excluding steroid dienone is 1. The molecule has 0 bridgehead atoms. The molecule has 1 aliphatic rings. The van der Waals surface area contributed by atoms with Gasteiger partial charge in [-0.25, -0.2) is 0 Å². The Balaban J connectivity index is 1.74. The average Bonchev–Trinajstić information content (AvgIpc) is 3.07. The van der Waals surface area contributed by atoms with E-state index in [1.807, 2.05) is 19.2 Å². The summed E-state index contributed by atoms with van der Waals surface area (Å²) in [6.07, 6.45) is 2.99. The summed E-state index contributed by atoms with van der Waals surface area (Å²) < 4.78 is 0. The molecule has 0 aromatic heterocycles. The Bertz CT molecular complexity index is 772. The monoisotopic (exact) mass is 351 g/mol. The molecule has 0 saturated carbocycles. The minimum absolute atomic E-state index is 0.307. The maximum absolute atomic E-state index is 9.82. The first-order chi connectivity index (χ1) is 12.6. The van der Waals surface area contributed by atoms with Crippen LogP contribution in [-0.2, 0) is 19.3 Å². The quantitative estimate of drug-likeness (QED) is 0.684. The number of nitrogens with two attached hydrogens (primary N) is 1. The van der Waals surface area contributed by atoms with E-state index in [4.69, 9.17) is 5.73 Å². The Kier molecular flexibility index (Phi) is 5.84. The second-order valence-corrected chi connectivity index (χ2v) is 7.10. The molecule has 0 fully saturated rings. The maximum atomic E-state index is 9.82. The highest BCUT2D eigenvalue weighted by Gasteiger charge is 2.24. The molecule has 0 aliphatic heterocycles. The lowest BCUT2D eigenvalue weighted by molar-refractivity contribution is 0.475. The second-order valence-electron chi connectivity index (χ2n) is 7.10. The van der Waals surface area contributed by atoms with Crippen molar-refractivity contribution in [2.24, 2.45) is 11.7 Å². The maximum Gasteiger partial charge on any atom is 0.117 e. The number of fused-ring (bicyclic) bond motifs is 1. The van der Waals surface area contributed by atoms with Gasteiger partial charge in [0, 0.05) is 43.0 Å². The number of hydrogen-bond acceptors (Lipinski definition) is 4. The van der Waals surface area contributed by atoms with Crippen molar-refractivity contribution in [3.05, 3.63) is 71.4 Å². The molecular formula is C22H29N3O. The first kappa shape index (κ1) is 18.3. The third kappa shape index (κ3) is 4.20. The number of hydrogen-bond donors (Lipinski definition) is 3. The van der Waals surface area contributed by atoms with Gasteiger partial charge in [-0.05, 0) is 55.1 Å². The van der Waals surface area contributed by atoms with Crippen molar-refractivity contribution in [1.82, 2.24) is 5.32 Å². The normalized spacial score (nSPS) is 15.7. The van der Waals surface area contributed by atoms with Crippen LogP contribution in [-0.4, -0.2) is 31.8 Å². The van der Waals surface area contributed by atoms with E-state index in [-0.39, 0.29) is 0 Å². The lowest BCUT2D eigenvalue weighted by Crippen LogP contribution is -2.32. The van der Waals surface area contributed by atoms with Crippen LogP contribution in [0.2, 0.25) is 0 Å². The molecule has 0 radical (unpaired) electrons. The molecule has 138 valence electrons. The van der Waals surface area contributed by atoms with Gasteiger partial charge in [-0.15, -0.1) is 0 Å². The van der Waals surface area contributed by atoms with Crippen LogP contribution in [0, 0.1) is 5.92 Å². The Morgan fingerprint density at radius 1 is 1.23 bits per heavy atom. The number of nitrogens with one attached hydrogen (secondary N) is 1. The van der Waals surface area contributed by atoms with Crippen molar-refractivity contribution >= 4 is 5.69 Å². The van der Waals surface area contributed by atoms with Gasteiger partial charge in [-0.3, -0.25) is 0 Å². The first-order valence-corrected chi connectivity index (χ1v) is 9.31. The minimum Gasteiger partial charge on any atom is -0.508 e. The van der Waals surface area contributed by atoms with E-state index in [2.05, 4.69) is 41.1 Å². The van der Waals surface area contributed by atoms with Crippen LogP contribution in [0.5, 0.6) is 5.75 Å². The number of likely N-dealkylation sites (N-methyl/N-ethyl adjacent to an activating group) is 1. The van der Waals surface area contributed by atoms with Gasteiger partial charge in [0.2, 0.25) is 0 Å². The fourth-order valence-electron chi connectivity index (χ4n) is 3.78. The van der Waals surface area contributed by atoms with E-state index >= 15 is 0 Å². The predicted octanol–water partition coefficient (Wildman–Crippen LogP) is 2.85. The molecule has 2 aromatic rings. The highest BCUT2D eigenvalue weighted by molar-refractivity contribution is 5.51. The summed E-state index contributed by atoms with van der Waals surface area (Å²) in [5.74, 6) is 0.680. The van der Waals surface area contributed by atoms with Gasteiger partial charge in [-0.1, -0.05) is 30.8 Å². The Morgan fingerprint density at radius 3 is 2.77 bits per heavy atom. The molecule has 4 N–H and O–H groups in total. The first-order valence-electron chi connectivity index (χ1n) is 9.31. The molecule has 0 amide bonds. The highest BCUT2D eigenvalue weighted by atomic mass is 16.3. The van der Waals surface area contributed by atoms with Crippen LogP contribution >= 0.6 is 0 Å². The number of benzene rings is 2. The second kappa shape index (κ2) is 8.28. The van der Waals surface area contributed by atoms with Gasteiger partial charge < -0.3 is 21.1 Å². The van der Waals surface area contributed by atoms with E-state index in [0.717, 1.165) is 50.3 Å². The van der Waals surface area contributed by atoms with Gasteiger partial charge in [0.15, 0.2) is 0 Å². The summed E-state index contributed by atoms with van der Waals surface area (Å²) in [7, 11) is 1.96. The molecule has 4 heteroatoms. The van der Waals surface area contributed by atoms with Crippen LogP contribution in [0.25, 0.3) is 0 Å². The fraction of sp³-hybridized carbons (Fsp3) is 0.364. The summed E-state index contributed by atoms with van der Waals surface area (Å²) >= 11 is 0. The summed E-state index contributed by atoms with van der Waals surface area (Å²) in [4.78, 5) is 2.32. The zero-order chi connectivity index (χ0) is 18.5. The van der Waals surface area contributed by atoms with Crippen molar-refractivity contribution in [1.29, 1.82) is 0 Å². The third-order valence-electron chi connectivity index (χ3n) is 5.29. The molecule has 0 saturated heterocycles. The van der Waals surface area contributed by atoms with Gasteiger partial charge in [-0.2, -0.15) is 0 Å². The lowest BCUT2D eigenvalue weighted by atomic mass is 9.99. The van der Waals surface area contributed by atoms with Gasteiger partial charge >= 0.3 is 0 Å². The number of aromatic hydroxyl groups is 1. The van der Waals surface area contributed by atoms with Crippen LogP contribution < -0.4 is 16.0 Å². The van der Waals surface area contributed by atoms with Crippen LogP contribution in [0.1, 0.15) is 16.7 Å². The molecule has 0 spiro atoms. The minimum atomic E-state index is 0.307. The van der Waals surface area contributed by atoms with E-state index in [9.17, 15) is 5.11 Å². The summed E-state index contributed by atoms with van der Waals surface area (Å²) in [6.45, 7) is 6.66. The standard InChI is InChI=1S/C22H29N3O/c1-16(23)19-13-18-6-3-5-17(22(18)14-19)9-11-25(12-10-24-2)20-7-4-8-21(26)15-20/h3-8,15,19,24,26H,1,9-14,23H2,2H3. The third-order valence-corrected chi connectivity index (χ3v) is 5.29. The molecular weight excluding hydrogens is 322 g/mol. The molecule has 4 nitrogen and oxygen atoms in total.